The number of hydrogen-bond acceptors (Lipinski definition) is 5. The first kappa shape index (κ1) is 15.7. The molecule has 1 unspecified atom stereocenters. The molecular formula is C16H22N4O3. The maximum Gasteiger partial charge on any atom is 0.290 e. The Morgan fingerprint density at radius 3 is 2.96 bits per heavy atom. The normalized spacial score (nSPS) is 18.4. The van der Waals surface area contributed by atoms with Crippen LogP contribution in [-0.4, -0.2) is 45.3 Å². The van der Waals surface area contributed by atoms with Crippen molar-refractivity contribution in [2.75, 3.05) is 19.7 Å². The van der Waals surface area contributed by atoms with Gasteiger partial charge in [-0.05, 0) is 19.9 Å². The van der Waals surface area contributed by atoms with Gasteiger partial charge in [0.1, 0.15) is 18.2 Å². The lowest BCUT2D eigenvalue weighted by molar-refractivity contribution is -0.0293. The number of amides is 1. The van der Waals surface area contributed by atoms with Crippen LogP contribution in [0.5, 0.6) is 0 Å². The van der Waals surface area contributed by atoms with Crippen molar-refractivity contribution in [2.24, 2.45) is 0 Å². The first-order chi connectivity index (χ1) is 11.1. The third kappa shape index (κ3) is 3.01. The highest BCUT2D eigenvalue weighted by atomic mass is 16.5. The van der Waals surface area contributed by atoms with Crippen LogP contribution >= 0.6 is 0 Å². The van der Waals surface area contributed by atoms with Crippen molar-refractivity contribution < 1.29 is 13.9 Å². The number of carbonyl (C=O) groups excluding carboxylic acids is 1. The van der Waals surface area contributed by atoms with Crippen LogP contribution in [0.4, 0.5) is 0 Å². The minimum atomic E-state index is -0.254. The Labute approximate surface area is 135 Å². The zero-order valence-corrected chi connectivity index (χ0v) is 13.8. The van der Waals surface area contributed by atoms with Crippen LogP contribution < -0.4 is 0 Å². The van der Waals surface area contributed by atoms with Crippen LogP contribution in [0.3, 0.4) is 0 Å². The first-order valence-corrected chi connectivity index (χ1v) is 8.01. The molecule has 0 saturated carbocycles. The third-order valence-electron chi connectivity index (χ3n) is 4.14. The van der Waals surface area contributed by atoms with E-state index in [1.165, 1.54) is 0 Å². The Balaban J connectivity index is 1.78. The van der Waals surface area contributed by atoms with Gasteiger partial charge in [-0.1, -0.05) is 6.92 Å². The molecule has 7 nitrogen and oxygen atoms in total. The second kappa shape index (κ2) is 6.54. The Morgan fingerprint density at radius 2 is 2.26 bits per heavy atom. The summed E-state index contributed by atoms with van der Waals surface area (Å²) < 4.78 is 13.4. The molecule has 1 atom stereocenters. The van der Waals surface area contributed by atoms with E-state index in [-0.39, 0.29) is 12.0 Å². The zero-order valence-electron chi connectivity index (χ0n) is 13.8. The molecule has 0 aromatic carbocycles. The van der Waals surface area contributed by atoms with E-state index >= 15 is 0 Å². The summed E-state index contributed by atoms with van der Waals surface area (Å²) in [4.78, 5) is 14.5. The highest BCUT2D eigenvalue weighted by molar-refractivity contribution is 5.93. The van der Waals surface area contributed by atoms with E-state index in [0.29, 0.717) is 25.5 Å². The first-order valence-electron chi connectivity index (χ1n) is 8.01. The predicted octanol–water partition coefficient (Wildman–Crippen LogP) is 1.98. The van der Waals surface area contributed by atoms with Crippen LogP contribution in [0.1, 0.15) is 47.7 Å². The van der Waals surface area contributed by atoms with E-state index in [2.05, 4.69) is 10.2 Å². The number of nitrogens with zero attached hydrogens (tertiary/aromatic N) is 4. The molecule has 1 saturated heterocycles. The fourth-order valence-corrected chi connectivity index (χ4v) is 2.83. The van der Waals surface area contributed by atoms with Crippen LogP contribution in [0.2, 0.25) is 0 Å². The SMILES string of the molecule is CCc1cc(C)c(C(=O)N2CCOC(c3nncn3CC)C2)o1. The van der Waals surface area contributed by atoms with Gasteiger partial charge >= 0.3 is 0 Å². The van der Waals surface area contributed by atoms with Gasteiger partial charge in [-0.15, -0.1) is 10.2 Å². The molecule has 3 heterocycles. The van der Waals surface area contributed by atoms with Crippen molar-refractivity contribution in [3.05, 3.63) is 35.3 Å². The summed E-state index contributed by atoms with van der Waals surface area (Å²) >= 11 is 0. The van der Waals surface area contributed by atoms with Crippen molar-refractivity contribution in [2.45, 2.75) is 39.8 Å². The number of ether oxygens (including phenoxy) is 1. The predicted molar refractivity (Wildman–Crippen MR) is 83.1 cm³/mol. The zero-order chi connectivity index (χ0) is 16.4. The van der Waals surface area contributed by atoms with E-state index in [1.807, 2.05) is 31.4 Å². The summed E-state index contributed by atoms with van der Waals surface area (Å²) in [6.45, 7) is 8.20. The largest absolute Gasteiger partial charge is 0.456 e. The number of hydrogen-bond donors (Lipinski definition) is 0. The highest BCUT2D eigenvalue weighted by Crippen LogP contribution is 2.24. The highest BCUT2D eigenvalue weighted by Gasteiger charge is 2.31. The molecule has 7 heteroatoms. The molecule has 2 aromatic rings. The lowest BCUT2D eigenvalue weighted by Gasteiger charge is -2.32. The van der Waals surface area contributed by atoms with Gasteiger partial charge in [0.25, 0.3) is 5.91 Å². The molecule has 0 aliphatic carbocycles. The average Bonchev–Trinajstić information content (AvgIpc) is 3.20. The molecule has 23 heavy (non-hydrogen) atoms. The molecule has 0 bridgehead atoms. The second-order valence-corrected chi connectivity index (χ2v) is 5.66. The molecule has 0 spiro atoms. The van der Waals surface area contributed by atoms with Gasteiger partial charge < -0.3 is 18.6 Å². The summed E-state index contributed by atoms with van der Waals surface area (Å²) in [5.74, 6) is 1.94. The lowest BCUT2D eigenvalue weighted by Crippen LogP contribution is -2.43. The molecule has 124 valence electrons. The Bertz CT molecular complexity index is 691. The minimum Gasteiger partial charge on any atom is -0.456 e. The average molecular weight is 318 g/mol. The molecule has 1 aliphatic heterocycles. The molecule has 3 rings (SSSR count). The minimum absolute atomic E-state index is 0.0851. The number of aryl methyl sites for hydroxylation is 3. The molecule has 1 fully saturated rings. The van der Waals surface area contributed by atoms with Crippen LogP contribution in [0.25, 0.3) is 0 Å². The van der Waals surface area contributed by atoms with Crippen molar-refractivity contribution >= 4 is 5.91 Å². The number of morpholine rings is 1. The van der Waals surface area contributed by atoms with Crippen molar-refractivity contribution in [1.82, 2.24) is 19.7 Å². The summed E-state index contributed by atoms with van der Waals surface area (Å²) in [6.07, 6.45) is 2.21. The van der Waals surface area contributed by atoms with E-state index in [9.17, 15) is 4.79 Å². The topological polar surface area (TPSA) is 73.4 Å². The second-order valence-electron chi connectivity index (χ2n) is 5.66. The van der Waals surface area contributed by atoms with E-state index in [1.54, 1.807) is 11.2 Å². The molecule has 0 N–H and O–H groups in total. The van der Waals surface area contributed by atoms with Crippen LogP contribution in [0, 0.1) is 6.92 Å². The molecule has 1 amide bonds. The molecule has 0 radical (unpaired) electrons. The standard InChI is InChI=1S/C16H22N4O3/c1-4-12-8-11(3)14(23-12)16(21)20-6-7-22-13(9-20)15-18-17-10-19(15)5-2/h8,10,13H,4-7,9H2,1-3H3. The van der Waals surface area contributed by atoms with Gasteiger partial charge in [0.2, 0.25) is 0 Å². The monoisotopic (exact) mass is 318 g/mol. The van der Waals surface area contributed by atoms with Gasteiger partial charge in [-0.3, -0.25) is 4.79 Å². The Morgan fingerprint density at radius 1 is 1.43 bits per heavy atom. The number of aromatic nitrogens is 3. The maximum absolute atomic E-state index is 12.8. The van der Waals surface area contributed by atoms with E-state index in [0.717, 1.165) is 30.1 Å². The van der Waals surface area contributed by atoms with Gasteiger partial charge in [-0.2, -0.15) is 0 Å². The van der Waals surface area contributed by atoms with Gasteiger partial charge in [-0.25, -0.2) is 0 Å². The Kier molecular flexibility index (Phi) is 4.47. The lowest BCUT2D eigenvalue weighted by atomic mass is 10.2. The third-order valence-corrected chi connectivity index (χ3v) is 4.14. The number of furan rings is 1. The van der Waals surface area contributed by atoms with Crippen LogP contribution in [0.15, 0.2) is 16.8 Å². The quantitative estimate of drug-likeness (QED) is 0.862. The fourth-order valence-electron chi connectivity index (χ4n) is 2.83. The fraction of sp³-hybridized carbons (Fsp3) is 0.562. The van der Waals surface area contributed by atoms with Crippen molar-refractivity contribution in [3.8, 4) is 0 Å². The smallest absolute Gasteiger partial charge is 0.290 e. The number of rotatable bonds is 4. The number of carbonyl (C=O) groups is 1. The van der Waals surface area contributed by atoms with Crippen molar-refractivity contribution in [1.29, 1.82) is 0 Å². The molecular weight excluding hydrogens is 296 g/mol. The van der Waals surface area contributed by atoms with Gasteiger partial charge in [0.15, 0.2) is 11.6 Å². The van der Waals surface area contributed by atoms with Gasteiger partial charge in [0.05, 0.1) is 13.2 Å². The summed E-state index contributed by atoms with van der Waals surface area (Å²) in [7, 11) is 0. The maximum atomic E-state index is 12.8. The van der Waals surface area contributed by atoms with E-state index < -0.39 is 0 Å². The van der Waals surface area contributed by atoms with E-state index in [4.69, 9.17) is 9.15 Å². The van der Waals surface area contributed by atoms with Gasteiger partial charge in [0, 0.05) is 25.1 Å². The van der Waals surface area contributed by atoms with Crippen LogP contribution in [-0.2, 0) is 17.7 Å². The Hall–Kier alpha value is -2.15. The molecule has 1 aliphatic rings. The summed E-state index contributed by atoms with van der Waals surface area (Å²) in [5, 5.41) is 8.07. The van der Waals surface area contributed by atoms with Crippen molar-refractivity contribution in [3.63, 3.8) is 0 Å². The summed E-state index contributed by atoms with van der Waals surface area (Å²) in [6, 6.07) is 1.93. The summed E-state index contributed by atoms with van der Waals surface area (Å²) in [5.41, 5.74) is 0.881. The molecule has 2 aromatic heterocycles.